The van der Waals surface area contributed by atoms with Crippen molar-refractivity contribution in [1.82, 2.24) is 10.2 Å². The molecular weight excluding hydrogens is 562 g/mol. The highest BCUT2D eigenvalue weighted by atomic mass is 32.2. The quantitative estimate of drug-likeness (QED) is 0.303. The maximum absolute atomic E-state index is 13.8. The molecule has 0 heterocycles. The smallest absolute Gasteiger partial charge is 0.352 e. The largest absolute Gasteiger partial charge is 0.416 e. The molecule has 0 aliphatic heterocycles. The van der Waals surface area contributed by atoms with E-state index in [0.717, 1.165) is 23.1 Å². The first-order valence-electron chi connectivity index (χ1n) is 12.8. The zero-order valence-electron chi connectivity index (χ0n) is 22.7. The molecule has 0 saturated carbocycles. The zero-order chi connectivity index (χ0) is 30.4. The summed E-state index contributed by atoms with van der Waals surface area (Å²) < 4.78 is 82.1. The number of carbonyl (C=O) groups is 2. The normalized spacial score (nSPS) is 13.2. The Morgan fingerprint density at radius 3 is 2.15 bits per heavy atom. The summed E-state index contributed by atoms with van der Waals surface area (Å²) in [6, 6.07) is 14.5. The molecule has 0 unspecified atom stereocenters. The first kappa shape index (κ1) is 31.6. The van der Waals surface area contributed by atoms with Crippen LogP contribution in [0.2, 0.25) is 0 Å². The number of hydrogen-bond donors (Lipinski definition) is 1. The van der Waals surface area contributed by atoms with Crippen molar-refractivity contribution in [2.24, 2.45) is 0 Å². The molecule has 0 spiro atoms. The van der Waals surface area contributed by atoms with E-state index in [1.807, 2.05) is 6.92 Å². The molecule has 12 heteroatoms. The van der Waals surface area contributed by atoms with Gasteiger partial charge in [0.25, 0.3) is 10.0 Å². The topological polar surface area (TPSA) is 86.8 Å². The average molecular weight is 594 g/mol. The fourth-order valence-electron chi connectivity index (χ4n) is 3.92. The molecule has 41 heavy (non-hydrogen) atoms. The van der Waals surface area contributed by atoms with Crippen molar-refractivity contribution in [3.8, 4) is 0 Å². The fraction of sp³-hybridized carbons (Fsp3) is 0.310. The van der Waals surface area contributed by atoms with Crippen LogP contribution >= 0.6 is 0 Å². The van der Waals surface area contributed by atoms with Crippen LogP contribution in [0.15, 0.2) is 83.8 Å². The Morgan fingerprint density at radius 2 is 1.56 bits per heavy atom. The summed E-state index contributed by atoms with van der Waals surface area (Å²) in [5.74, 6) is -1.87. The summed E-state index contributed by atoms with van der Waals surface area (Å²) in [5, 5.41) is 2.78. The van der Waals surface area contributed by atoms with Crippen LogP contribution in [0.1, 0.15) is 38.3 Å². The van der Waals surface area contributed by atoms with Crippen LogP contribution in [0.25, 0.3) is 0 Å². The molecule has 2 atom stereocenters. The van der Waals surface area contributed by atoms with Crippen molar-refractivity contribution in [1.29, 1.82) is 0 Å². The lowest BCUT2D eigenvalue weighted by molar-refractivity contribution is -0.139. The number of amides is 2. The van der Waals surface area contributed by atoms with E-state index >= 15 is 0 Å². The SMILES string of the molecule is CC[C@@H](C)NC(=O)[C@@H](C)N(Cc1ccc(F)cc1)C(=O)CN(c1cccc(C(F)(F)F)c1)S(=O)(=O)c1ccccc1. The van der Waals surface area contributed by atoms with Crippen LogP contribution < -0.4 is 9.62 Å². The molecule has 3 aromatic carbocycles. The van der Waals surface area contributed by atoms with Crippen molar-refractivity contribution in [3.63, 3.8) is 0 Å². The lowest BCUT2D eigenvalue weighted by Gasteiger charge is -2.32. The second kappa shape index (κ2) is 13.2. The first-order valence-corrected chi connectivity index (χ1v) is 14.3. The minimum Gasteiger partial charge on any atom is -0.352 e. The van der Waals surface area contributed by atoms with Crippen LogP contribution in [0.4, 0.5) is 23.2 Å². The van der Waals surface area contributed by atoms with Crippen LogP contribution in [0.3, 0.4) is 0 Å². The Hall–Kier alpha value is -3.93. The van der Waals surface area contributed by atoms with Gasteiger partial charge in [0.15, 0.2) is 0 Å². The number of hydrogen-bond acceptors (Lipinski definition) is 4. The third kappa shape index (κ3) is 8.06. The highest BCUT2D eigenvalue weighted by Crippen LogP contribution is 2.33. The molecule has 7 nitrogen and oxygen atoms in total. The fourth-order valence-corrected chi connectivity index (χ4v) is 5.35. The molecule has 0 fully saturated rings. The number of halogens is 4. The average Bonchev–Trinajstić information content (AvgIpc) is 2.95. The number of carbonyl (C=O) groups excluding carboxylic acids is 2. The number of nitrogens with one attached hydrogen (secondary N) is 1. The minimum atomic E-state index is -4.76. The standard InChI is InChI=1S/C29H31F4N3O4S/c1-4-20(2)34-28(38)21(3)35(18-22-13-15-24(30)16-14-22)27(37)19-36(41(39,40)26-11-6-5-7-12-26)25-10-8-9-23(17-25)29(31,32)33/h5-17,20-21H,4,18-19H2,1-3H3,(H,34,38)/t20-,21-/m1/s1. The molecule has 3 rings (SSSR count). The third-order valence-electron chi connectivity index (χ3n) is 6.51. The van der Waals surface area contributed by atoms with Crippen molar-refractivity contribution in [3.05, 3.63) is 95.8 Å². The number of rotatable bonds is 11. The van der Waals surface area contributed by atoms with E-state index in [9.17, 15) is 35.6 Å². The summed E-state index contributed by atoms with van der Waals surface area (Å²) in [5.41, 5.74) is -1.02. The number of anilines is 1. The van der Waals surface area contributed by atoms with Gasteiger partial charge in [-0.2, -0.15) is 13.2 Å². The van der Waals surface area contributed by atoms with Crippen molar-refractivity contribution >= 4 is 27.5 Å². The molecular formula is C29H31F4N3O4S. The van der Waals surface area contributed by atoms with E-state index in [0.29, 0.717) is 22.4 Å². The van der Waals surface area contributed by atoms with Crippen LogP contribution in [0, 0.1) is 5.82 Å². The van der Waals surface area contributed by atoms with Crippen LogP contribution in [-0.4, -0.2) is 43.8 Å². The van der Waals surface area contributed by atoms with Gasteiger partial charge in [0.2, 0.25) is 11.8 Å². The van der Waals surface area contributed by atoms with Crippen LogP contribution in [0.5, 0.6) is 0 Å². The second-order valence-electron chi connectivity index (χ2n) is 9.51. The molecule has 2 amide bonds. The lowest BCUT2D eigenvalue weighted by Crippen LogP contribution is -2.52. The highest BCUT2D eigenvalue weighted by molar-refractivity contribution is 7.92. The van der Waals surface area contributed by atoms with E-state index in [1.165, 1.54) is 55.5 Å². The third-order valence-corrected chi connectivity index (χ3v) is 8.29. The van der Waals surface area contributed by atoms with Gasteiger partial charge < -0.3 is 10.2 Å². The van der Waals surface area contributed by atoms with Gasteiger partial charge in [-0.05, 0) is 68.3 Å². The van der Waals surface area contributed by atoms with Gasteiger partial charge in [-0.3, -0.25) is 13.9 Å². The Kier molecular flexibility index (Phi) is 10.1. The van der Waals surface area contributed by atoms with E-state index in [-0.39, 0.29) is 23.2 Å². The summed E-state index contributed by atoms with van der Waals surface area (Å²) >= 11 is 0. The van der Waals surface area contributed by atoms with E-state index < -0.39 is 52.0 Å². The number of nitrogens with zero attached hydrogens (tertiary/aromatic N) is 2. The molecule has 1 N–H and O–H groups in total. The van der Waals surface area contributed by atoms with Gasteiger partial charge in [0.05, 0.1) is 16.1 Å². The summed E-state index contributed by atoms with van der Waals surface area (Å²) in [7, 11) is -4.52. The summed E-state index contributed by atoms with van der Waals surface area (Å²) in [6.07, 6.45) is -4.15. The van der Waals surface area contributed by atoms with E-state index in [4.69, 9.17) is 0 Å². The second-order valence-corrected chi connectivity index (χ2v) is 11.4. The van der Waals surface area contributed by atoms with Crippen molar-refractivity contribution < 1.29 is 35.6 Å². The Bertz CT molecular complexity index is 1450. The van der Waals surface area contributed by atoms with Gasteiger partial charge >= 0.3 is 6.18 Å². The molecule has 0 saturated heterocycles. The highest BCUT2D eigenvalue weighted by Gasteiger charge is 2.35. The van der Waals surface area contributed by atoms with Gasteiger partial charge in [-0.15, -0.1) is 0 Å². The van der Waals surface area contributed by atoms with Gasteiger partial charge in [-0.25, -0.2) is 12.8 Å². The maximum Gasteiger partial charge on any atom is 0.416 e. The number of benzene rings is 3. The molecule has 220 valence electrons. The van der Waals surface area contributed by atoms with Crippen molar-refractivity contribution in [2.45, 2.75) is 56.9 Å². The van der Waals surface area contributed by atoms with E-state index in [2.05, 4.69) is 5.32 Å². The summed E-state index contributed by atoms with van der Waals surface area (Å²) in [6.45, 7) is 4.01. The van der Waals surface area contributed by atoms with E-state index in [1.54, 1.807) is 13.0 Å². The van der Waals surface area contributed by atoms with Gasteiger partial charge in [0, 0.05) is 12.6 Å². The van der Waals surface area contributed by atoms with Gasteiger partial charge in [0.1, 0.15) is 18.4 Å². The monoisotopic (exact) mass is 593 g/mol. The van der Waals surface area contributed by atoms with Crippen molar-refractivity contribution in [2.75, 3.05) is 10.8 Å². The molecule has 0 radical (unpaired) electrons. The molecule has 0 aromatic heterocycles. The predicted molar refractivity (Wildman–Crippen MR) is 147 cm³/mol. The Morgan fingerprint density at radius 1 is 0.927 bits per heavy atom. The van der Waals surface area contributed by atoms with Crippen LogP contribution in [-0.2, 0) is 32.3 Å². The molecule has 0 bridgehead atoms. The number of alkyl halides is 3. The predicted octanol–water partition coefficient (Wildman–Crippen LogP) is 5.37. The number of sulfonamides is 1. The lowest BCUT2D eigenvalue weighted by atomic mass is 10.1. The summed E-state index contributed by atoms with van der Waals surface area (Å²) in [4.78, 5) is 27.7. The Labute approximate surface area is 236 Å². The molecule has 3 aromatic rings. The first-order chi connectivity index (χ1) is 19.2. The maximum atomic E-state index is 13.8. The Balaban J connectivity index is 2.07. The van der Waals surface area contributed by atoms with Gasteiger partial charge in [-0.1, -0.05) is 43.3 Å². The molecule has 0 aliphatic rings. The molecule has 0 aliphatic carbocycles. The zero-order valence-corrected chi connectivity index (χ0v) is 23.5. The minimum absolute atomic E-state index is 0.185.